The molecule has 5 nitrogen and oxygen atoms in total. The molecule has 1 aliphatic carbocycles. The van der Waals surface area contributed by atoms with Gasteiger partial charge in [-0.2, -0.15) is 4.99 Å². The Balaban J connectivity index is 2.79. The highest BCUT2D eigenvalue weighted by Crippen LogP contribution is 2.24. The number of rotatable bonds is 1. The Morgan fingerprint density at radius 1 is 1.14 bits per heavy atom. The fourth-order valence-corrected chi connectivity index (χ4v) is 1.49. The van der Waals surface area contributed by atoms with Crippen LogP contribution >= 0.6 is 0 Å². The van der Waals surface area contributed by atoms with Crippen LogP contribution in [0.15, 0.2) is 21.3 Å². The predicted octanol–water partition coefficient (Wildman–Crippen LogP) is 0.422. The molecule has 0 unspecified atom stereocenters. The molecule has 0 aromatic rings. The summed E-state index contributed by atoms with van der Waals surface area (Å²) in [5.74, 6) is 0.0848. The van der Waals surface area contributed by atoms with Crippen LogP contribution in [-0.2, 0) is 0 Å². The topological polar surface area (TPSA) is 103 Å². The van der Waals surface area contributed by atoms with Crippen LogP contribution in [0.4, 0.5) is 0 Å². The van der Waals surface area contributed by atoms with Crippen molar-refractivity contribution >= 4 is 11.9 Å². The minimum atomic E-state index is -0.0553. The number of hydrogen-bond donors (Lipinski definition) is 3. The van der Waals surface area contributed by atoms with Crippen molar-refractivity contribution in [1.29, 1.82) is 0 Å². The van der Waals surface area contributed by atoms with E-state index in [1.807, 2.05) is 0 Å². The van der Waals surface area contributed by atoms with Crippen molar-refractivity contribution in [2.45, 2.75) is 32.6 Å². The van der Waals surface area contributed by atoms with Gasteiger partial charge in [-0.05, 0) is 32.6 Å². The predicted molar refractivity (Wildman–Crippen MR) is 58.6 cm³/mol. The third-order valence-corrected chi connectivity index (χ3v) is 2.20. The van der Waals surface area contributed by atoms with Gasteiger partial charge in [0.15, 0.2) is 5.96 Å². The summed E-state index contributed by atoms with van der Waals surface area (Å²) in [6.07, 6.45) is 4.44. The fraction of sp³-hybridized carbons (Fsp3) is 0.556. The summed E-state index contributed by atoms with van der Waals surface area (Å²) < 4.78 is 0. The summed E-state index contributed by atoms with van der Waals surface area (Å²) in [6.45, 7) is 2.07. The largest absolute Gasteiger partial charge is 0.370 e. The molecular formula is C9H17N5. The summed E-state index contributed by atoms with van der Waals surface area (Å²) in [5.41, 5.74) is 18.2. The Hall–Kier alpha value is -1.52. The van der Waals surface area contributed by atoms with Gasteiger partial charge in [0.25, 0.3) is 0 Å². The second kappa shape index (κ2) is 4.64. The van der Waals surface area contributed by atoms with Gasteiger partial charge in [-0.15, -0.1) is 0 Å². The van der Waals surface area contributed by atoms with Gasteiger partial charge in [0, 0.05) is 5.70 Å². The number of allylic oxidation sites excluding steroid dienone is 2. The second-order valence-corrected chi connectivity index (χ2v) is 3.44. The quantitative estimate of drug-likeness (QED) is 0.417. The Bertz CT molecular complexity index is 296. The minimum absolute atomic E-state index is 0.0553. The van der Waals surface area contributed by atoms with Crippen LogP contribution in [-0.4, -0.2) is 11.9 Å². The van der Waals surface area contributed by atoms with Crippen molar-refractivity contribution in [3.05, 3.63) is 11.3 Å². The first-order valence-corrected chi connectivity index (χ1v) is 4.72. The molecule has 0 heterocycles. The normalized spacial score (nSPS) is 18.2. The van der Waals surface area contributed by atoms with Crippen LogP contribution in [0, 0.1) is 0 Å². The summed E-state index contributed by atoms with van der Waals surface area (Å²) in [6, 6.07) is 0. The standard InChI is InChI=1S/C9H17N5/c1-6-4-2-3-5-7(6)13-9(12)14-8(10)11/h2-5H2,1H3,(H6,10,11,12,13,14). The Morgan fingerprint density at radius 3 is 2.36 bits per heavy atom. The van der Waals surface area contributed by atoms with Gasteiger partial charge in [0.05, 0.1) is 0 Å². The van der Waals surface area contributed by atoms with Crippen LogP contribution in [0.25, 0.3) is 0 Å². The van der Waals surface area contributed by atoms with E-state index >= 15 is 0 Å². The first-order chi connectivity index (χ1) is 6.59. The lowest BCUT2D eigenvalue weighted by Crippen LogP contribution is -2.26. The third kappa shape index (κ3) is 3.08. The average Bonchev–Trinajstić information content (AvgIpc) is 2.07. The van der Waals surface area contributed by atoms with Crippen LogP contribution in [0.1, 0.15) is 32.6 Å². The van der Waals surface area contributed by atoms with Gasteiger partial charge in [0.1, 0.15) is 0 Å². The summed E-state index contributed by atoms with van der Waals surface area (Å²) >= 11 is 0. The molecule has 1 aliphatic rings. The van der Waals surface area contributed by atoms with Crippen LogP contribution in [0.3, 0.4) is 0 Å². The highest BCUT2D eigenvalue weighted by Gasteiger charge is 2.08. The van der Waals surface area contributed by atoms with Crippen molar-refractivity contribution in [3.63, 3.8) is 0 Å². The van der Waals surface area contributed by atoms with Crippen molar-refractivity contribution in [2.24, 2.45) is 27.2 Å². The lowest BCUT2D eigenvalue weighted by molar-refractivity contribution is 0.667. The zero-order chi connectivity index (χ0) is 10.6. The van der Waals surface area contributed by atoms with Gasteiger partial charge in [-0.25, -0.2) is 4.99 Å². The Kier molecular flexibility index (Phi) is 3.50. The first kappa shape index (κ1) is 10.6. The molecule has 0 spiro atoms. The maximum atomic E-state index is 5.54. The lowest BCUT2D eigenvalue weighted by atomic mass is 9.98. The molecule has 0 aliphatic heterocycles. The molecule has 1 rings (SSSR count). The van der Waals surface area contributed by atoms with Gasteiger partial charge < -0.3 is 17.2 Å². The molecule has 78 valence electrons. The molecule has 0 aromatic carbocycles. The molecule has 0 amide bonds. The van der Waals surface area contributed by atoms with Gasteiger partial charge in [-0.3, -0.25) is 0 Å². The molecule has 0 atom stereocenters. The van der Waals surface area contributed by atoms with E-state index in [0.29, 0.717) is 0 Å². The van der Waals surface area contributed by atoms with Crippen molar-refractivity contribution < 1.29 is 0 Å². The van der Waals surface area contributed by atoms with Crippen molar-refractivity contribution in [1.82, 2.24) is 0 Å². The van der Waals surface area contributed by atoms with Crippen LogP contribution < -0.4 is 17.2 Å². The van der Waals surface area contributed by atoms with Gasteiger partial charge in [-0.1, -0.05) is 5.57 Å². The Morgan fingerprint density at radius 2 is 1.79 bits per heavy atom. The zero-order valence-electron chi connectivity index (χ0n) is 8.45. The summed E-state index contributed by atoms with van der Waals surface area (Å²) in [4.78, 5) is 7.86. The number of nitrogens with two attached hydrogens (primary N) is 3. The van der Waals surface area contributed by atoms with Crippen LogP contribution in [0.5, 0.6) is 0 Å². The SMILES string of the molecule is CC1=C(N=C(N)N=C(N)N)CCCC1. The van der Waals surface area contributed by atoms with Crippen molar-refractivity contribution in [2.75, 3.05) is 0 Å². The zero-order valence-corrected chi connectivity index (χ0v) is 8.45. The molecule has 0 aromatic heterocycles. The van der Waals surface area contributed by atoms with Gasteiger partial charge in [0.2, 0.25) is 5.96 Å². The van der Waals surface area contributed by atoms with E-state index < -0.39 is 0 Å². The lowest BCUT2D eigenvalue weighted by Gasteiger charge is -2.13. The number of aliphatic imine (C=N–C) groups is 2. The van der Waals surface area contributed by atoms with E-state index in [-0.39, 0.29) is 11.9 Å². The van der Waals surface area contributed by atoms with E-state index in [1.54, 1.807) is 0 Å². The van der Waals surface area contributed by atoms with Crippen molar-refractivity contribution in [3.8, 4) is 0 Å². The van der Waals surface area contributed by atoms with Crippen LogP contribution in [0.2, 0.25) is 0 Å². The molecule has 14 heavy (non-hydrogen) atoms. The van der Waals surface area contributed by atoms with Gasteiger partial charge >= 0.3 is 0 Å². The highest BCUT2D eigenvalue weighted by molar-refractivity contribution is 5.92. The molecule has 0 radical (unpaired) electrons. The Labute approximate surface area is 83.8 Å². The van der Waals surface area contributed by atoms with E-state index in [0.717, 1.165) is 25.0 Å². The molecule has 6 N–H and O–H groups in total. The number of nitrogens with zero attached hydrogens (tertiary/aromatic N) is 2. The third-order valence-electron chi connectivity index (χ3n) is 2.20. The molecule has 5 heteroatoms. The minimum Gasteiger partial charge on any atom is -0.370 e. The molecule has 0 fully saturated rings. The summed E-state index contributed by atoms with van der Waals surface area (Å²) in [5, 5.41) is 0. The molecule has 0 bridgehead atoms. The number of hydrogen-bond acceptors (Lipinski definition) is 1. The second-order valence-electron chi connectivity index (χ2n) is 3.44. The first-order valence-electron chi connectivity index (χ1n) is 4.72. The molecule has 0 saturated heterocycles. The van der Waals surface area contributed by atoms with E-state index in [2.05, 4.69) is 16.9 Å². The fourth-order valence-electron chi connectivity index (χ4n) is 1.49. The molecule has 0 saturated carbocycles. The average molecular weight is 195 g/mol. The highest BCUT2D eigenvalue weighted by atomic mass is 15.1. The monoisotopic (exact) mass is 195 g/mol. The smallest absolute Gasteiger partial charge is 0.223 e. The van der Waals surface area contributed by atoms with E-state index in [4.69, 9.17) is 17.2 Å². The molecular weight excluding hydrogens is 178 g/mol. The summed E-state index contributed by atoms with van der Waals surface area (Å²) in [7, 11) is 0. The van der Waals surface area contributed by atoms with E-state index in [9.17, 15) is 0 Å². The number of guanidine groups is 2. The van der Waals surface area contributed by atoms with E-state index in [1.165, 1.54) is 12.0 Å². The maximum absolute atomic E-state index is 5.54. The maximum Gasteiger partial charge on any atom is 0.223 e.